The maximum atomic E-state index is 11.3. The number of carbonyl (C=O) groups excluding carboxylic acids is 1. The second kappa shape index (κ2) is 6.31. The van der Waals surface area contributed by atoms with Crippen molar-refractivity contribution in [3.63, 3.8) is 0 Å². The van der Waals surface area contributed by atoms with Crippen LogP contribution in [0.1, 0.15) is 15.9 Å². The van der Waals surface area contributed by atoms with Crippen molar-refractivity contribution in [1.82, 2.24) is 10.0 Å². The Morgan fingerprint density at radius 3 is 2.54 bits per heavy atom. The maximum Gasteiger partial charge on any atom is 0.274 e. The van der Waals surface area contributed by atoms with Gasteiger partial charge in [0, 0.05) is 10.9 Å². The molecular formula is C16H12ClN3O4. The molecule has 7 nitrogen and oxygen atoms in total. The molecule has 8 heteroatoms. The van der Waals surface area contributed by atoms with Crippen LogP contribution in [0.3, 0.4) is 0 Å². The number of fused-ring (bicyclic) bond motifs is 1. The number of hydrogen-bond acceptors (Lipinski definition) is 5. The van der Waals surface area contributed by atoms with Gasteiger partial charge in [-0.05, 0) is 28.9 Å². The van der Waals surface area contributed by atoms with Gasteiger partial charge in [-0.25, -0.2) is 5.48 Å². The summed E-state index contributed by atoms with van der Waals surface area (Å²) in [5, 5.41) is 22.6. The van der Waals surface area contributed by atoms with E-state index < -0.39 is 5.91 Å². The van der Waals surface area contributed by atoms with Crippen molar-refractivity contribution in [2.45, 2.75) is 6.54 Å². The number of nitroso groups, excluding NO2 is 1. The molecule has 0 saturated carbocycles. The minimum Gasteiger partial charge on any atom is -0.493 e. The molecule has 0 bridgehead atoms. The van der Waals surface area contributed by atoms with Crippen LogP contribution in [0.25, 0.3) is 10.9 Å². The molecule has 0 aliphatic heterocycles. The molecule has 3 aromatic rings. The fourth-order valence-corrected chi connectivity index (χ4v) is 2.86. The SMILES string of the molecule is O=Nc1c(O)n(Cc2ccc(C(=O)NO)cc2)c2c(Cl)cccc12. The molecule has 0 fully saturated rings. The lowest BCUT2D eigenvalue weighted by atomic mass is 10.1. The van der Waals surface area contributed by atoms with Crippen molar-refractivity contribution in [2.24, 2.45) is 5.18 Å². The first-order chi connectivity index (χ1) is 11.6. The van der Waals surface area contributed by atoms with Gasteiger partial charge >= 0.3 is 0 Å². The van der Waals surface area contributed by atoms with Gasteiger partial charge in [0.15, 0.2) is 5.69 Å². The van der Waals surface area contributed by atoms with E-state index in [1.54, 1.807) is 35.8 Å². The molecule has 0 atom stereocenters. The van der Waals surface area contributed by atoms with E-state index in [4.69, 9.17) is 16.8 Å². The molecule has 1 heterocycles. The van der Waals surface area contributed by atoms with E-state index >= 15 is 0 Å². The number of benzene rings is 2. The molecule has 122 valence electrons. The molecule has 2 aromatic carbocycles. The van der Waals surface area contributed by atoms with Crippen LogP contribution in [0.15, 0.2) is 47.6 Å². The van der Waals surface area contributed by atoms with Gasteiger partial charge in [0.25, 0.3) is 5.91 Å². The number of hydrogen-bond donors (Lipinski definition) is 3. The molecule has 0 radical (unpaired) electrons. The zero-order valence-corrected chi connectivity index (χ0v) is 13.0. The van der Waals surface area contributed by atoms with Gasteiger partial charge in [-0.15, -0.1) is 4.91 Å². The highest BCUT2D eigenvalue weighted by Gasteiger charge is 2.19. The summed E-state index contributed by atoms with van der Waals surface area (Å²) in [6, 6.07) is 11.4. The summed E-state index contributed by atoms with van der Waals surface area (Å²) < 4.78 is 1.48. The minimum absolute atomic E-state index is 0.0659. The highest BCUT2D eigenvalue weighted by Crippen LogP contribution is 2.41. The Balaban J connectivity index is 2.06. The van der Waals surface area contributed by atoms with Crippen molar-refractivity contribution < 1.29 is 15.1 Å². The summed E-state index contributed by atoms with van der Waals surface area (Å²) >= 11 is 6.20. The Bertz CT molecular complexity index is 935. The van der Waals surface area contributed by atoms with Crippen molar-refractivity contribution in [3.05, 3.63) is 63.5 Å². The Kier molecular flexibility index (Phi) is 4.20. The van der Waals surface area contributed by atoms with Gasteiger partial charge in [0.2, 0.25) is 5.88 Å². The molecule has 0 aliphatic carbocycles. The van der Waals surface area contributed by atoms with Crippen LogP contribution >= 0.6 is 11.6 Å². The average molecular weight is 346 g/mol. The van der Waals surface area contributed by atoms with Crippen LogP contribution in [-0.2, 0) is 6.54 Å². The van der Waals surface area contributed by atoms with Crippen LogP contribution in [-0.4, -0.2) is 20.8 Å². The van der Waals surface area contributed by atoms with Crippen LogP contribution in [0.2, 0.25) is 5.02 Å². The summed E-state index contributed by atoms with van der Waals surface area (Å²) in [5.41, 5.74) is 3.04. The van der Waals surface area contributed by atoms with E-state index in [1.807, 2.05) is 0 Å². The van der Waals surface area contributed by atoms with Crippen molar-refractivity contribution in [3.8, 4) is 5.88 Å². The Morgan fingerprint density at radius 2 is 1.92 bits per heavy atom. The fraction of sp³-hybridized carbons (Fsp3) is 0.0625. The molecule has 0 unspecified atom stereocenters. The second-order valence-electron chi connectivity index (χ2n) is 5.12. The van der Waals surface area contributed by atoms with Crippen LogP contribution in [0.5, 0.6) is 5.88 Å². The van der Waals surface area contributed by atoms with Gasteiger partial charge in [0.05, 0.1) is 17.1 Å². The number of hydroxylamine groups is 1. The summed E-state index contributed by atoms with van der Waals surface area (Å²) in [6.07, 6.45) is 0. The first-order valence-corrected chi connectivity index (χ1v) is 7.31. The molecule has 1 amide bonds. The largest absolute Gasteiger partial charge is 0.493 e. The highest BCUT2D eigenvalue weighted by molar-refractivity contribution is 6.35. The Hall–Kier alpha value is -2.90. The van der Waals surface area contributed by atoms with E-state index in [1.165, 1.54) is 16.7 Å². The zero-order chi connectivity index (χ0) is 17.3. The molecule has 24 heavy (non-hydrogen) atoms. The normalized spacial score (nSPS) is 10.8. The molecular weight excluding hydrogens is 334 g/mol. The van der Waals surface area contributed by atoms with E-state index in [2.05, 4.69) is 5.18 Å². The lowest BCUT2D eigenvalue weighted by molar-refractivity contribution is 0.0706. The number of aromatic nitrogens is 1. The van der Waals surface area contributed by atoms with Gasteiger partial charge in [-0.1, -0.05) is 35.9 Å². The number of nitrogens with zero attached hydrogens (tertiary/aromatic N) is 2. The lowest BCUT2D eigenvalue weighted by Crippen LogP contribution is -2.18. The molecule has 3 N–H and O–H groups in total. The molecule has 0 saturated heterocycles. The first kappa shape index (κ1) is 16.0. The van der Waals surface area contributed by atoms with Crippen molar-refractivity contribution >= 4 is 34.1 Å². The lowest BCUT2D eigenvalue weighted by Gasteiger charge is -2.09. The number of amides is 1. The van der Waals surface area contributed by atoms with Gasteiger partial charge < -0.3 is 9.67 Å². The monoisotopic (exact) mass is 345 g/mol. The molecule has 0 spiro atoms. The standard InChI is InChI=1S/C16H12ClN3O4/c17-12-3-1-2-11-13(18-23)16(22)20(14(11)12)8-9-4-6-10(7-5-9)15(21)19-24/h1-7,22,24H,8H2,(H,19,21). The third-order valence-corrected chi connectivity index (χ3v) is 4.03. The van der Waals surface area contributed by atoms with Gasteiger partial charge in [0.1, 0.15) is 0 Å². The summed E-state index contributed by atoms with van der Waals surface area (Å²) in [4.78, 5) is 22.4. The zero-order valence-electron chi connectivity index (χ0n) is 12.2. The van der Waals surface area contributed by atoms with Crippen molar-refractivity contribution in [1.29, 1.82) is 0 Å². The maximum absolute atomic E-state index is 11.3. The minimum atomic E-state index is -0.619. The van der Waals surface area contributed by atoms with Gasteiger partial charge in [-0.3, -0.25) is 10.0 Å². The predicted molar refractivity (Wildman–Crippen MR) is 88.9 cm³/mol. The number of rotatable bonds is 4. The Morgan fingerprint density at radius 1 is 1.21 bits per heavy atom. The van der Waals surface area contributed by atoms with Crippen LogP contribution in [0, 0.1) is 4.91 Å². The van der Waals surface area contributed by atoms with Gasteiger partial charge in [-0.2, -0.15) is 0 Å². The van der Waals surface area contributed by atoms with E-state index in [-0.39, 0.29) is 23.7 Å². The topological polar surface area (TPSA) is 104 Å². The Labute approximate surface area is 141 Å². The number of halogens is 1. The predicted octanol–water partition coefficient (Wildman–Crippen LogP) is 3.57. The summed E-state index contributed by atoms with van der Waals surface area (Å²) in [7, 11) is 0. The number of nitrogens with one attached hydrogen (secondary N) is 1. The third-order valence-electron chi connectivity index (χ3n) is 3.73. The fourth-order valence-electron chi connectivity index (χ4n) is 2.59. The van der Waals surface area contributed by atoms with E-state index in [9.17, 15) is 14.8 Å². The quantitative estimate of drug-likeness (QED) is 0.382. The van der Waals surface area contributed by atoms with Crippen LogP contribution < -0.4 is 5.48 Å². The highest BCUT2D eigenvalue weighted by atomic mass is 35.5. The first-order valence-electron chi connectivity index (χ1n) is 6.93. The average Bonchev–Trinajstić information content (AvgIpc) is 2.87. The van der Waals surface area contributed by atoms with E-state index in [0.29, 0.717) is 15.9 Å². The number of aromatic hydroxyl groups is 1. The van der Waals surface area contributed by atoms with Crippen LogP contribution in [0.4, 0.5) is 5.69 Å². The summed E-state index contributed by atoms with van der Waals surface area (Å²) in [5.74, 6) is -0.892. The molecule has 0 aliphatic rings. The third kappa shape index (κ3) is 2.60. The van der Waals surface area contributed by atoms with E-state index in [0.717, 1.165) is 5.56 Å². The second-order valence-corrected chi connectivity index (χ2v) is 5.53. The van der Waals surface area contributed by atoms with Crippen molar-refractivity contribution in [2.75, 3.05) is 0 Å². The summed E-state index contributed by atoms with van der Waals surface area (Å²) in [6.45, 7) is 0.225. The number of para-hydroxylation sites is 1. The smallest absolute Gasteiger partial charge is 0.274 e. The molecule has 3 rings (SSSR count). The molecule has 1 aromatic heterocycles. The number of carbonyl (C=O) groups is 1.